The standard InChI is InChI=1S/C17H19NO4/c1-10-14-9-16(21-3)15(19)8-12(14)4-6-18(10)17(20)13-5-7-22-11(13)2/h5,7-10,19H,4,6H2,1-3H3. The summed E-state index contributed by atoms with van der Waals surface area (Å²) in [5, 5.41) is 9.90. The molecule has 22 heavy (non-hydrogen) atoms. The summed E-state index contributed by atoms with van der Waals surface area (Å²) in [5.74, 6) is 1.17. The molecule has 0 spiro atoms. The number of hydrogen-bond acceptors (Lipinski definition) is 4. The fourth-order valence-electron chi connectivity index (χ4n) is 3.04. The predicted octanol–water partition coefficient (Wildman–Crippen LogP) is 3.06. The molecule has 0 aliphatic carbocycles. The van der Waals surface area contributed by atoms with E-state index in [1.54, 1.807) is 19.1 Å². The van der Waals surface area contributed by atoms with Gasteiger partial charge in [-0.2, -0.15) is 0 Å². The van der Waals surface area contributed by atoms with Crippen molar-refractivity contribution in [3.05, 3.63) is 46.9 Å². The van der Waals surface area contributed by atoms with E-state index in [2.05, 4.69) is 0 Å². The van der Waals surface area contributed by atoms with E-state index < -0.39 is 0 Å². The van der Waals surface area contributed by atoms with Crippen LogP contribution in [0.15, 0.2) is 28.9 Å². The van der Waals surface area contributed by atoms with Crippen LogP contribution in [0.5, 0.6) is 11.5 Å². The van der Waals surface area contributed by atoms with Crippen LogP contribution in [-0.2, 0) is 6.42 Å². The third-order valence-corrected chi connectivity index (χ3v) is 4.33. The molecule has 0 bridgehead atoms. The summed E-state index contributed by atoms with van der Waals surface area (Å²) in [6.07, 6.45) is 2.24. The summed E-state index contributed by atoms with van der Waals surface area (Å²) in [7, 11) is 1.52. The first-order valence-corrected chi connectivity index (χ1v) is 7.27. The Labute approximate surface area is 129 Å². The lowest BCUT2D eigenvalue weighted by atomic mass is 9.92. The second-order valence-electron chi connectivity index (χ2n) is 5.54. The van der Waals surface area contributed by atoms with Crippen molar-refractivity contribution in [2.45, 2.75) is 26.3 Å². The Morgan fingerprint density at radius 1 is 1.45 bits per heavy atom. The first-order chi connectivity index (χ1) is 10.5. The van der Waals surface area contributed by atoms with Gasteiger partial charge in [-0.25, -0.2) is 0 Å². The van der Waals surface area contributed by atoms with Gasteiger partial charge in [0.2, 0.25) is 0 Å². The molecule has 1 aromatic carbocycles. The van der Waals surface area contributed by atoms with Gasteiger partial charge in [-0.3, -0.25) is 4.79 Å². The maximum Gasteiger partial charge on any atom is 0.257 e. The van der Waals surface area contributed by atoms with E-state index in [1.165, 1.54) is 13.4 Å². The topological polar surface area (TPSA) is 62.9 Å². The molecule has 1 unspecified atom stereocenters. The fraction of sp³-hybridized carbons (Fsp3) is 0.353. The van der Waals surface area contributed by atoms with E-state index >= 15 is 0 Å². The lowest BCUT2D eigenvalue weighted by Crippen LogP contribution is -2.39. The SMILES string of the molecule is COc1cc2c(cc1O)CCN(C(=O)c1ccoc1C)C2C. The number of fused-ring (bicyclic) bond motifs is 1. The summed E-state index contributed by atoms with van der Waals surface area (Å²) < 4.78 is 10.4. The smallest absolute Gasteiger partial charge is 0.257 e. The minimum Gasteiger partial charge on any atom is -0.504 e. The Kier molecular flexibility index (Phi) is 3.56. The maximum absolute atomic E-state index is 12.7. The molecule has 3 rings (SSSR count). The first-order valence-electron chi connectivity index (χ1n) is 7.27. The third-order valence-electron chi connectivity index (χ3n) is 4.33. The van der Waals surface area contributed by atoms with Crippen LogP contribution in [0.4, 0.5) is 0 Å². The van der Waals surface area contributed by atoms with Crippen LogP contribution >= 0.6 is 0 Å². The molecular weight excluding hydrogens is 282 g/mol. The normalized spacial score (nSPS) is 17.2. The minimum absolute atomic E-state index is 0.0311. The van der Waals surface area contributed by atoms with Crippen molar-refractivity contribution in [1.82, 2.24) is 4.90 Å². The number of benzene rings is 1. The minimum atomic E-state index is -0.0833. The number of nitrogens with zero attached hydrogens (tertiary/aromatic N) is 1. The molecule has 0 saturated heterocycles. The number of carbonyl (C=O) groups is 1. The molecule has 5 heteroatoms. The molecule has 0 fully saturated rings. The zero-order valence-electron chi connectivity index (χ0n) is 12.9. The lowest BCUT2D eigenvalue weighted by Gasteiger charge is -2.35. The number of aromatic hydroxyl groups is 1. The van der Waals surface area contributed by atoms with Gasteiger partial charge >= 0.3 is 0 Å². The van der Waals surface area contributed by atoms with E-state index in [9.17, 15) is 9.90 Å². The lowest BCUT2D eigenvalue weighted by molar-refractivity contribution is 0.0675. The molecule has 0 saturated carbocycles. The number of ether oxygens (including phenoxy) is 1. The molecule has 1 N–H and O–H groups in total. The fourth-order valence-corrected chi connectivity index (χ4v) is 3.04. The van der Waals surface area contributed by atoms with E-state index in [-0.39, 0.29) is 17.7 Å². The van der Waals surface area contributed by atoms with Crippen molar-refractivity contribution in [3.8, 4) is 11.5 Å². The average Bonchev–Trinajstić information content (AvgIpc) is 2.92. The Morgan fingerprint density at radius 3 is 2.86 bits per heavy atom. The molecule has 2 heterocycles. The Bertz CT molecular complexity index is 719. The zero-order chi connectivity index (χ0) is 15.9. The summed E-state index contributed by atoms with van der Waals surface area (Å²) in [6, 6.07) is 5.17. The van der Waals surface area contributed by atoms with Crippen LogP contribution in [0.25, 0.3) is 0 Å². The molecule has 1 aliphatic heterocycles. The number of carbonyl (C=O) groups excluding carboxylic acids is 1. The number of amides is 1. The van der Waals surface area contributed by atoms with Crippen molar-refractivity contribution in [2.75, 3.05) is 13.7 Å². The van der Waals surface area contributed by atoms with Crippen LogP contribution < -0.4 is 4.74 Å². The van der Waals surface area contributed by atoms with Crippen molar-refractivity contribution < 1.29 is 19.1 Å². The summed E-state index contributed by atoms with van der Waals surface area (Å²) >= 11 is 0. The number of aryl methyl sites for hydroxylation is 1. The Hall–Kier alpha value is -2.43. The van der Waals surface area contributed by atoms with Gasteiger partial charge in [0.15, 0.2) is 11.5 Å². The first kappa shape index (κ1) is 14.5. The van der Waals surface area contributed by atoms with Crippen molar-refractivity contribution >= 4 is 5.91 Å². The van der Waals surface area contributed by atoms with Crippen molar-refractivity contribution in [1.29, 1.82) is 0 Å². The van der Waals surface area contributed by atoms with Gasteiger partial charge in [0.1, 0.15) is 5.76 Å². The highest BCUT2D eigenvalue weighted by Crippen LogP contribution is 2.37. The van der Waals surface area contributed by atoms with Crippen LogP contribution in [0.1, 0.15) is 40.2 Å². The van der Waals surface area contributed by atoms with Gasteiger partial charge in [0, 0.05) is 6.54 Å². The maximum atomic E-state index is 12.7. The number of hydrogen-bond donors (Lipinski definition) is 1. The molecular formula is C17H19NO4. The second kappa shape index (κ2) is 5.40. The number of methoxy groups -OCH3 is 1. The predicted molar refractivity (Wildman–Crippen MR) is 81.3 cm³/mol. The molecule has 5 nitrogen and oxygen atoms in total. The van der Waals surface area contributed by atoms with Gasteiger partial charge < -0.3 is 19.2 Å². The van der Waals surface area contributed by atoms with Crippen molar-refractivity contribution in [3.63, 3.8) is 0 Å². The summed E-state index contributed by atoms with van der Waals surface area (Å²) in [4.78, 5) is 14.5. The molecule has 1 aromatic heterocycles. The largest absolute Gasteiger partial charge is 0.504 e. The van der Waals surface area contributed by atoms with Gasteiger partial charge in [-0.1, -0.05) is 0 Å². The molecule has 2 aromatic rings. The quantitative estimate of drug-likeness (QED) is 0.926. The number of rotatable bonds is 2. The van der Waals surface area contributed by atoms with Crippen LogP contribution in [0, 0.1) is 6.92 Å². The van der Waals surface area contributed by atoms with Crippen LogP contribution in [0.3, 0.4) is 0 Å². The van der Waals surface area contributed by atoms with E-state index in [0.717, 1.165) is 11.1 Å². The van der Waals surface area contributed by atoms with E-state index in [4.69, 9.17) is 9.15 Å². The zero-order valence-corrected chi connectivity index (χ0v) is 12.9. The van der Waals surface area contributed by atoms with Gasteiger partial charge in [0.25, 0.3) is 5.91 Å². The number of furan rings is 1. The van der Waals surface area contributed by atoms with E-state index in [0.29, 0.717) is 30.0 Å². The highest BCUT2D eigenvalue weighted by atomic mass is 16.5. The highest BCUT2D eigenvalue weighted by Gasteiger charge is 2.30. The van der Waals surface area contributed by atoms with Crippen molar-refractivity contribution in [2.24, 2.45) is 0 Å². The number of phenolic OH excluding ortho intramolecular Hbond substituents is 1. The Balaban J connectivity index is 1.95. The monoisotopic (exact) mass is 301 g/mol. The van der Waals surface area contributed by atoms with Gasteiger partial charge in [-0.15, -0.1) is 0 Å². The van der Waals surface area contributed by atoms with Crippen LogP contribution in [0.2, 0.25) is 0 Å². The molecule has 0 radical (unpaired) electrons. The second-order valence-corrected chi connectivity index (χ2v) is 5.54. The molecule has 116 valence electrons. The molecule has 1 amide bonds. The summed E-state index contributed by atoms with van der Waals surface area (Å²) in [6.45, 7) is 4.39. The average molecular weight is 301 g/mol. The molecule has 1 atom stereocenters. The van der Waals surface area contributed by atoms with Gasteiger partial charge in [0.05, 0.1) is 25.0 Å². The van der Waals surface area contributed by atoms with E-state index in [1.807, 2.05) is 17.9 Å². The summed E-state index contributed by atoms with van der Waals surface area (Å²) in [5.41, 5.74) is 2.66. The molecule has 1 aliphatic rings. The van der Waals surface area contributed by atoms with Crippen LogP contribution in [-0.4, -0.2) is 29.6 Å². The Morgan fingerprint density at radius 2 is 2.23 bits per heavy atom. The van der Waals surface area contributed by atoms with Gasteiger partial charge in [-0.05, 0) is 49.6 Å². The third kappa shape index (κ3) is 2.22. The highest BCUT2D eigenvalue weighted by molar-refractivity contribution is 5.95. The number of phenols is 1.